The maximum absolute atomic E-state index is 12.5. The third kappa shape index (κ3) is 9.77. The second-order valence-corrected chi connectivity index (χ2v) is 12.6. The van der Waals surface area contributed by atoms with Crippen molar-refractivity contribution in [3.63, 3.8) is 0 Å². The van der Waals surface area contributed by atoms with Gasteiger partial charge in [-0.25, -0.2) is 4.79 Å². The average Bonchev–Trinajstić information content (AvgIpc) is 3.41. The summed E-state index contributed by atoms with van der Waals surface area (Å²) in [4.78, 5) is 24.6. The third-order valence-corrected chi connectivity index (χ3v) is 8.83. The normalized spacial score (nSPS) is 40.6. The van der Waals surface area contributed by atoms with E-state index in [0.29, 0.717) is 5.56 Å². The van der Waals surface area contributed by atoms with Gasteiger partial charge in [-0.3, -0.25) is 4.79 Å². The highest BCUT2D eigenvalue weighted by molar-refractivity contribution is 5.87. The molecule has 21 heteroatoms. The van der Waals surface area contributed by atoms with Crippen molar-refractivity contribution in [1.29, 1.82) is 0 Å². The molecule has 0 radical (unpaired) electrons. The lowest BCUT2D eigenvalue weighted by Crippen LogP contribution is -2.62. The van der Waals surface area contributed by atoms with Crippen molar-refractivity contribution in [3.8, 4) is 11.5 Å². The first-order chi connectivity index (χ1) is 25.2. The Kier molecular flexibility index (Phi) is 14.0. The van der Waals surface area contributed by atoms with Crippen molar-refractivity contribution < 1.29 is 103 Å². The minimum Gasteiger partial charge on any atom is -0.504 e. The minimum atomic E-state index is -1.86. The largest absolute Gasteiger partial charge is 0.504 e. The summed E-state index contributed by atoms with van der Waals surface area (Å²) in [5.74, 6) is -1.66. The van der Waals surface area contributed by atoms with E-state index >= 15 is 0 Å². The van der Waals surface area contributed by atoms with Gasteiger partial charge in [-0.2, -0.15) is 0 Å². The molecule has 0 bridgehead atoms. The fourth-order valence-corrected chi connectivity index (χ4v) is 5.90. The molecule has 1 aromatic carbocycles. The van der Waals surface area contributed by atoms with Crippen molar-refractivity contribution in [1.82, 2.24) is 0 Å². The van der Waals surface area contributed by atoms with Gasteiger partial charge in [0.15, 0.2) is 42.8 Å². The highest BCUT2D eigenvalue weighted by atomic mass is 16.8. The molecule has 5 rings (SSSR count). The predicted molar refractivity (Wildman–Crippen MR) is 167 cm³/mol. The summed E-state index contributed by atoms with van der Waals surface area (Å²) in [6.45, 7) is -0.872. The van der Waals surface area contributed by atoms with E-state index in [4.69, 9.17) is 47.4 Å². The van der Waals surface area contributed by atoms with Crippen LogP contribution in [0.3, 0.4) is 0 Å². The van der Waals surface area contributed by atoms with Crippen molar-refractivity contribution in [2.45, 2.75) is 105 Å². The van der Waals surface area contributed by atoms with Crippen LogP contribution in [0.5, 0.6) is 11.5 Å². The second kappa shape index (κ2) is 18.0. The Labute approximate surface area is 301 Å². The molecule has 4 fully saturated rings. The number of aliphatic hydroxyl groups is 8. The minimum absolute atomic E-state index is 0.107. The maximum atomic E-state index is 12.5. The number of carbonyl (C=O) groups excluding carboxylic acids is 2. The summed E-state index contributed by atoms with van der Waals surface area (Å²) < 4.78 is 54.7. The Hall–Kier alpha value is -3.10. The van der Waals surface area contributed by atoms with Gasteiger partial charge < -0.3 is 93.3 Å². The van der Waals surface area contributed by atoms with Crippen molar-refractivity contribution in [2.75, 3.05) is 33.5 Å². The molecule has 0 unspecified atom stereocenters. The van der Waals surface area contributed by atoms with Gasteiger partial charge in [0.25, 0.3) is 0 Å². The first kappa shape index (κ1) is 41.1. The van der Waals surface area contributed by atoms with Crippen molar-refractivity contribution in [3.05, 3.63) is 29.8 Å². The Morgan fingerprint density at radius 1 is 0.774 bits per heavy atom. The van der Waals surface area contributed by atoms with Gasteiger partial charge in [0.1, 0.15) is 73.8 Å². The zero-order valence-corrected chi connectivity index (χ0v) is 28.4. The van der Waals surface area contributed by atoms with Crippen molar-refractivity contribution in [2.24, 2.45) is 0 Å². The van der Waals surface area contributed by atoms with Crippen LogP contribution in [-0.4, -0.2) is 190 Å². The van der Waals surface area contributed by atoms with Gasteiger partial charge in [-0.15, -0.1) is 0 Å². The van der Waals surface area contributed by atoms with E-state index in [9.17, 15) is 55.5 Å². The van der Waals surface area contributed by atoms with E-state index in [0.717, 1.165) is 13.0 Å². The molecule has 0 spiro atoms. The summed E-state index contributed by atoms with van der Waals surface area (Å²) in [5, 5.41) is 92.9. The van der Waals surface area contributed by atoms with Crippen LogP contribution >= 0.6 is 0 Å². The number of aromatic hydroxyl groups is 1. The standard InChI is InChI=1S/C32H44O21/c1-12(33)49-28-23(39)18(9-45-20(36)6-4-13-3-5-14(34)16(7-13)44-2)51-32(28)53-27-19(52-30-25(41)21(37)15(35)8-47-30)11-48-31(26(27)42)50-17-10-46-29(43)24(40)22(17)38/h3-7,15,17-19,21-32,34-35,37-43H,8-11H2,1-2H3/b6-4+/t15-,17-,18+,19-,21+,22+,23+,24-,25-,26-,27+,28-,29-,30+,31+,32+/m1/s1. The number of carbonyl (C=O) groups is 2. The molecule has 4 heterocycles. The Morgan fingerprint density at radius 3 is 2.17 bits per heavy atom. The molecule has 0 saturated carbocycles. The Balaban J connectivity index is 1.30. The number of phenols is 1. The first-order valence-electron chi connectivity index (χ1n) is 16.5. The smallest absolute Gasteiger partial charge is 0.330 e. The van der Waals surface area contributed by atoms with Crippen molar-refractivity contribution >= 4 is 18.0 Å². The number of methoxy groups -OCH3 is 1. The fourth-order valence-electron chi connectivity index (χ4n) is 5.90. The lowest BCUT2D eigenvalue weighted by atomic mass is 10.0. The van der Waals surface area contributed by atoms with E-state index < -0.39 is 137 Å². The molecule has 4 aliphatic heterocycles. The summed E-state index contributed by atoms with van der Waals surface area (Å²) >= 11 is 0. The van der Waals surface area contributed by atoms with E-state index in [1.54, 1.807) is 0 Å². The molecule has 16 atom stereocenters. The lowest BCUT2D eigenvalue weighted by Gasteiger charge is -2.45. The van der Waals surface area contributed by atoms with Crippen LogP contribution in [0.1, 0.15) is 12.5 Å². The van der Waals surface area contributed by atoms with Crippen LogP contribution in [0.2, 0.25) is 0 Å². The Bertz CT molecular complexity index is 1410. The number of phenolic OH excluding ortho intramolecular Hbond substituents is 1. The number of rotatable bonds is 12. The first-order valence-corrected chi connectivity index (χ1v) is 16.5. The zero-order valence-electron chi connectivity index (χ0n) is 28.4. The van der Waals surface area contributed by atoms with Gasteiger partial charge in [-0.05, 0) is 23.8 Å². The fraction of sp³-hybridized carbons (Fsp3) is 0.688. The van der Waals surface area contributed by atoms with Gasteiger partial charge in [-0.1, -0.05) is 6.07 Å². The molecule has 0 amide bonds. The molecule has 9 N–H and O–H groups in total. The van der Waals surface area contributed by atoms with Gasteiger partial charge in [0.2, 0.25) is 0 Å². The van der Waals surface area contributed by atoms with Crippen LogP contribution < -0.4 is 4.74 Å². The zero-order chi connectivity index (χ0) is 38.6. The number of benzene rings is 1. The molecule has 4 saturated heterocycles. The number of ether oxygens (including phenoxy) is 10. The molecule has 4 aliphatic rings. The van der Waals surface area contributed by atoms with E-state index in [-0.39, 0.29) is 11.5 Å². The summed E-state index contributed by atoms with van der Waals surface area (Å²) in [6, 6.07) is 4.35. The predicted octanol–water partition coefficient (Wildman–Crippen LogP) is -4.64. The summed E-state index contributed by atoms with van der Waals surface area (Å²) in [6.07, 6.45) is -23.2. The summed E-state index contributed by atoms with van der Waals surface area (Å²) in [7, 11) is 1.36. The Morgan fingerprint density at radius 2 is 1.45 bits per heavy atom. The van der Waals surface area contributed by atoms with Crippen LogP contribution in [0, 0.1) is 0 Å². The quantitative estimate of drug-likeness (QED) is 0.0714. The highest BCUT2D eigenvalue weighted by Crippen LogP contribution is 2.33. The van der Waals surface area contributed by atoms with Gasteiger partial charge in [0.05, 0.1) is 26.9 Å². The third-order valence-electron chi connectivity index (χ3n) is 8.83. The maximum Gasteiger partial charge on any atom is 0.330 e. The molecular weight excluding hydrogens is 720 g/mol. The number of esters is 2. The monoisotopic (exact) mass is 764 g/mol. The van der Waals surface area contributed by atoms with E-state index in [2.05, 4.69) is 0 Å². The van der Waals surface area contributed by atoms with Crippen LogP contribution in [-0.2, 0) is 52.2 Å². The molecule has 53 heavy (non-hydrogen) atoms. The number of hydrogen-bond donors (Lipinski definition) is 9. The molecule has 21 nitrogen and oxygen atoms in total. The van der Waals surface area contributed by atoms with Gasteiger partial charge >= 0.3 is 11.9 Å². The van der Waals surface area contributed by atoms with Gasteiger partial charge in [0, 0.05) is 13.0 Å². The van der Waals surface area contributed by atoms with Crippen LogP contribution in [0.15, 0.2) is 24.3 Å². The van der Waals surface area contributed by atoms with Crippen LogP contribution in [0.4, 0.5) is 0 Å². The topological polar surface area (TPSA) is 309 Å². The second-order valence-electron chi connectivity index (χ2n) is 12.6. The molecule has 298 valence electrons. The van der Waals surface area contributed by atoms with E-state index in [1.807, 2.05) is 0 Å². The number of hydrogen-bond acceptors (Lipinski definition) is 21. The molecule has 1 aromatic rings. The highest BCUT2D eigenvalue weighted by Gasteiger charge is 2.53. The molecular formula is C32H44O21. The SMILES string of the molecule is COc1cc(/C=C/C(=O)OC[C@@H]2O[C@@H](O[C@@H]3[C@@H](O)[C@H](O[C@@H]4CO[C@@H](O)[C@H](O)[C@H]4O)OC[C@H]3O[C@@H]3OC[C@@H](O)[C@H](O)[C@H]3O)[C@H](OC(C)=O)[C@H]2O)ccc1O. The number of aliphatic hydroxyl groups excluding tert-OH is 8. The molecule has 0 aromatic heterocycles. The van der Waals surface area contributed by atoms with Crippen LogP contribution in [0.25, 0.3) is 6.08 Å². The lowest BCUT2D eigenvalue weighted by molar-refractivity contribution is -0.362. The average molecular weight is 765 g/mol. The molecule has 0 aliphatic carbocycles. The summed E-state index contributed by atoms with van der Waals surface area (Å²) in [5.41, 5.74) is 0.488. The van der Waals surface area contributed by atoms with E-state index in [1.165, 1.54) is 31.4 Å².